The summed E-state index contributed by atoms with van der Waals surface area (Å²) >= 11 is 6.09. The lowest BCUT2D eigenvalue weighted by atomic mass is 9.99. The average molecular weight is 284 g/mol. The van der Waals surface area contributed by atoms with Gasteiger partial charge in [0, 0.05) is 25.3 Å². The Bertz CT molecular complexity index is 460. The summed E-state index contributed by atoms with van der Waals surface area (Å²) in [5, 5.41) is 3.46. The lowest BCUT2D eigenvalue weighted by Gasteiger charge is -2.35. The molecule has 1 heterocycles. The standard InChI is InChI=1S/C14H22ClN3O/c1-6-14(3,4)18(5)13(19)10-8-12(16-7-2)17-9-11(10)15/h8-9H,6-7H2,1-5H3,(H,16,17). The Morgan fingerprint density at radius 2 is 2.11 bits per heavy atom. The molecule has 0 aliphatic carbocycles. The fourth-order valence-electron chi connectivity index (χ4n) is 1.57. The van der Waals surface area contributed by atoms with Crippen LogP contribution in [0.1, 0.15) is 44.5 Å². The number of nitrogens with one attached hydrogen (secondary N) is 1. The van der Waals surface area contributed by atoms with Crippen LogP contribution in [0.5, 0.6) is 0 Å². The van der Waals surface area contributed by atoms with Crippen molar-refractivity contribution < 1.29 is 4.79 Å². The van der Waals surface area contributed by atoms with Crippen LogP contribution < -0.4 is 5.32 Å². The zero-order valence-electron chi connectivity index (χ0n) is 12.2. The second kappa shape index (κ2) is 6.24. The molecular formula is C14H22ClN3O. The first-order chi connectivity index (χ1) is 8.83. The number of pyridine rings is 1. The van der Waals surface area contributed by atoms with E-state index in [0.29, 0.717) is 16.4 Å². The summed E-state index contributed by atoms with van der Waals surface area (Å²) in [6.07, 6.45) is 2.39. The third-order valence-corrected chi connectivity index (χ3v) is 3.82. The van der Waals surface area contributed by atoms with Crippen molar-refractivity contribution in [1.29, 1.82) is 0 Å². The topological polar surface area (TPSA) is 45.2 Å². The number of amides is 1. The first-order valence-corrected chi connectivity index (χ1v) is 6.88. The summed E-state index contributed by atoms with van der Waals surface area (Å²) in [7, 11) is 1.80. The van der Waals surface area contributed by atoms with Gasteiger partial charge in [0.1, 0.15) is 5.82 Å². The zero-order chi connectivity index (χ0) is 14.6. The summed E-state index contributed by atoms with van der Waals surface area (Å²) in [6, 6.07) is 1.70. The summed E-state index contributed by atoms with van der Waals surface area (Å²) < 4.78 is 0. The summed E-state index contributed by atoms with van der Waals surface area (Å²) in [6.45, 7) is 8.85. The van der Waals surface area contributed by atoms with Crippen molar-refractivity contribution in [3.63, 3.8) is 0 Å². The second-order valence-corrected chi connectivity index (χ2v) is 5.52. The molecule has 4 nitrogen and oxygen atoms in total. The zero-order valence-corrected chi connectivity index (χ0v) is 13.0. The molecule has 0 radical (unpaired) electrons. The van der Waals surface area contributed by atoms with Gasteiger partial charge in [0.15, 0.2) is 0 Å². The van der Waals surface area contributed by atoms with Gasteiger partial charge in [-0.05, 0) is 33.3 Å². The van der Waals surface area contributed by atoms with E-state index in [2.05, 4.69) is 17.2 Å². The lowest BCUT2D eigenvalue weighted by Crippen LogP contribution is -2.44. The maximum atomic E-state index is 12.5. The first-order valence-electron chi connectivity index (χ1n) is 6.51. The Morgan fingerprint density at radius 3 is 2.63 bits per heavy atom. The van der Waals surface area contributed by atoms with Gasteiger partial charge in [0.2, 0.25) is 0 Å². The van der Waals surface area contributed by atoms with Crippen LogP contribution in [0.15, 0.2) is 12.3 Å². The molecule has 106 valence electrons. The molecule has 0 unspecified atom stereocenters. The molecule has 0 aliphatic rings. The molecule has 1 N–H and O–H groups in total. The monoisotopic (exact) mass is 283 g/mol. The van der Waals surface area contributed by atoms with E-state index in [-0.39, 0.29) is 11.4 Å². The van der Waals surface area contributed by atoms with Gasteiger partial charge in [0.25, 0.3) is 5.91 Å². The molecule has 5 heteroatoms. The van der Waals surface area contributed by atoms with E-state index in [1.54, 1.807) is 18.0 Å². The largest absolute Gasteiger partial charge is 0.370 e. The molecule has 1 amide bonds. The van der Waals surface area contributed by atoms with Crippen molar-refractivity contribution >= 4 is 23.3 Å². The molecule has 0 spiro atoms. The maximum absolute atomic E-state index is 12.5. The van der Waals surface area contributed by atoms with Crippen molar-refractivity contribution in [2.45, 2.75) is 39.7 Å². The van der Waals surface area contributed by atoms with Crippen LogP contribution in [0.25, 0.3) is 0 Å². The SMILES string of the molecule is CCNc1cc(C(=O)N(C)C(C)(C)CC)c(Cl)cn1. The molecule has 0 saturated carbocycles. The van der Waals surface area contributed by atoms with Crippen LogP contribution in [-0.2, 0) is 0 Å². The van der Waals surface area contributed by atoms with Crippen LogP contribution in [0.4, 0.5) is 5.82 Å². The first kappa shape index (κ1) is 15.8. The minimum absolute atomic E-state index is 0.0848. The van der Waals surface area contributed by atoms with E-state index in [0.717, 1.165) is 13.0 Å². The number of halogens is 1. The van der Waals surface area contributed by atoms with Crippen LogP contribution in [0.2, 0.25) is 5.02 Å². The number of carbonyl (C=O) groups excluding carboxylic acids is 1. The van der Waals surface area contributed by atoms with E-state index in [1.165, 1.54) is 6.20 Å². The molecular weight excluding hydrogens is 262 g/mol. The van der Waals surface area contributed by atoms with Gasteiger partial charge in [0.05, 0.1) is 10.6 Å². The summed E-state index contributed by atoms with van der Waals surface area (Å²) in [4.78, 5) is 18.4. The predicted octanol–water partition coefficient (Wildman–Crippen LogP) is 3.43. The fourth-order valence-corrected chi connectivity index (χ4v) is 1.76. The van der Waals surface area contributed by atoms with Gasteiger partial charge >= 0.3 is 0 Å². The number of anilines is 1. The number of hydrogen-bond donors (Lipinski definition) is 1. The van der Waals surface area contributed by atoms with E-state index in [1.807, 2.05) is 20.8 Å². The van der Waals surface area contributed by atoms with E-state index in [9.17, 15) is 4.79 Å². The second-order valence-electron chi connectivity index (χ2n) is 5.11. The molecule has 0 atom stereocenters. The Balaban J connectivity index is 3.08. The number of hydrogen-bond acceptors (Lipinski definition) is 3. The van der Waals surface area contributed by atoms with Crippen molar-refractivity contribution in [3.8, 4) is 0 Å². The molecule has 0 saturated heterocycles. The van der Waals surface area contributed by atoms with Crippen molar-refractivity contribution in [2.75, 3.05) is 18.9 Å². The fraction of sp³-hybridized carbons (Fsp3) is 0.571. The molecule has 1 aromatic heterocycles. The van der Waals surface area contributed by atoms with Gasteiger partial charge in [-0.1, -0.05) is 18.5 Å². The third-order valence-electron chi connectivity index (χ3n) is 3.52. The van der Waals surface area contributed by atoms with Gasteiger partial charge in [-0.15, -0.1) is 0 Å². The number of aromatic nitrogens is 1. The van der Waals surface area contributed by atoms with Gasteiger partial charge in [-0.25, -0.2) is 4.98 Å². The number of rotatable bonds is 5. The smallest absolute Gasteiger partial charge is 0.255 e. The van der Waals surface area contributed by atoms with Crippen LogP contribution in [0.3, 0.4) is 0 Å². The van der Waals surface area contributed by atoms with Crippen molar-refractivity contribution in [1.82, 2.24) is 9.88 Å². The Kier molecular flexibility index (Phi) is 5.18. The van der Waals surface area contributed by atoms with Gasteiger partial charge < -0.3 is 10.2 Å². The number of nitrogens with zero attached hydrogens (tertiary/aromatic N) is 2. The third kappa shape index (κ3) is 3.60. The highest BCUT2D eigenvalue weighted by atomic mass is 35.5. The summed E-state index contributed by atoms with van der Waals surface area (Å²) in [5.74, 6) is 0.580. The van der Waals surface area contributed by atoms with Crippen LogP contribution in [0, 0.1) is 0 Å². The molecule has 1 aromatic rings. The molecule has 0 aliphatic heterocycles. The quantitative estimate of drug-likeness (QED) is 0.900. The van der Waals surface area contributed by atoms with Crippen molar-refractivity contribution in [2.24, 2.45) is 0 Å². The lowest BCUT2D eigenvalue weighted by molar-refractivity contribution is 0.0620. The molecule has 0 bridgehead atoms. The Hall–Kier alpha value is -1.29. The van der Waals surface area contributed by atoms with E-state index in [4.69, 9.17) is 11.6 Å². The Labute approximate surface area is 120 Å². The van der Waals surface area contributed by atoms with Crippen LogP contribution >= 0.6 is 11.6 Å². The minimum atomic E-state index is -0.206. The average Bonchev–Trinajstić information content (AvgIpc) is 2.39. The highest BCUT2D eigenvalue weighted by Gasteiger charge is 2.27. The molecule has 0 fully saturated rings. The van der Waals surface area contributed by atoms with E-state index >= 15 is 0 Å². The molecule has 0 aromatic carbocycles. The number of carbonyl (C=O) groups is 1. The predicted molar refractivity (Wildman–Crippen MR) is 79.9 cm³/mol. The molecule has 1 rings (SSSR count). The summed E-state index contributed by atoms with van der Waals surface area (Å²) in [5.41, 5.74) is 0.277. The highest BCUT2D eigenvalue weighted by Crippen LogP contribution is 2.24. The van der Waals surface area contributed by atoms with Crippen molar-refractivity contribution in [3.05, 3.63) is 22.8 Å². The highest BCUT2D eigenvalue weighted by molar-refractivity contribution is 6.33. The van der Waals surface area contributed by atoms with Gasteiger partial charge in [-0.2, -0.15) is 0 Å². The normalized spacial score (nSPS) is 11.3. The minimum Gasteiger partial charge on any atom is -0.370 e. The van der Waals surface area contributed by atoms with Crippen LogP contribution in [-0.4, -0.2) is 34.9 Å². The van der Waals surface area contributed by atoms with E-state index < -0.39 is 0 Å². The van der Waals surface area contributed by atoms with Gasteiger partial charge in [-0.3, -0.25) is 4.79 Å². The Morgan fingerprint density at radius 1 is 1.47 bits per heavy atom. The maximum Gasteiger partial charge on any atom is 0.255 e. The molecule has 19 heavy (non-hydrogen) atoms.